The topological polar surface area (TPSA) is 94.9 Å². The third kappa shape index (κ3) is 4.72. The van der Waals surface area contributed by atoms with Gasteiger partial charge in [-0.25, -0.2) is 4.98 Å². The van der Waals surface area contributed by atoms with E-state index in [1.807, 2.05) is 24.3 Å². The molecular formula is C21H15ClN4O2. The number of nitriles is 1. The fourth-order valence-electron chi connectivity index (χ4n) is 2.46. The summed E-state index contributed by atoms with van der Waals surface area (Å²) in [5.41, 5.74) is 1.89. The van der Waals surface area contributed by atoms with Crippen molar-refractivity contribution in [2.75, 3.05) is 5.32 Å². The zero-order chi connectivity index (χ0) is 19.9. The number of amides is 2. The summed E-state index contributed by atoms with van der Waals surface area (Å²) in [6.45, 7) is 0.248. The van der Waals surface area contributed by atoms with E-state index >= 15 is 0 Å². The standard InChI is InChI=1S/C21H15ClN4O2/c22-17-8-2-1-6-15(17)13-24-20(27)18-9-4-10-19(26-18)21(28)25-16-7-3-5-14(11-16)12-23/h1-11H,13H2,(H,24,27)(H,25,28). The van der Waals surface area contributed by atoms with E-state index in [1.165, 1.54) is 12.1 Å². The third-order valence-corrected chi connectivity index (χ3v) is 4.23. The SMILES string of the molecule is N#Cc1cccc(NC(=O)c2cccc(C(=O)NCc3ccccc3Cl)n2)c1. The zero-order valence-corrected chi connectivity index (χ0v) is 15.4. The van der Waals surface area contributed by atoms with Crippen molar-refractivity contribution in [1.82, 2.24) is 10.3 Å². The molecule has 0 bridgehead atoms. The van der Waals surface area contributed by atoms with Crippen LogP contribution in [0.5, 0.6) is 0 Å². The van der Waals surface area contributed by atoms with Crippen molar-refractivity contribution in [2.45, 2.75) is 6.54 Å². The molecule has 0 fully saturated rings. The molecule has 7 heteroatoms. The maximum absolute atomic E-state index is 12.4. The van der Waals surface area contributed by atoms with E-state index in [0.29, 0.717) is 16.3 Å². The minimum Gasteiger partial charge on any atom is -0.347 e. The van der Waals surface area contributed by atoms with Gasteiger partial charge in [-0.15, -0.1) is 0 Å². The van der Waals surface area contributed by atoms with Crippen LogP contribution >= 0.6 is 11.6 Å². The predicted molar refractivity (Wildman–Crippen MR) is 106 cm³/mol. The van der Waals surface area contributed by atoms with Gasteiger partial charge < -0.3 is 10.6 Å². The Kier molecular flexibility index (Phi) is 6.00. The number of halogens is 1. The molecule has 0 saturated heterocycles. The van der Waals surface area contributed by atoms with Crippen molar-refractivity contribution in [1.29, 1.82) is 5.26 Å². The number of nitrogens with one attached hydrogen (secondary N) is 2. The van der Waals surface area contributed by atoms with Crippen LogP contribution in [-0.4, -0.2) is 16.8 Å². The Morgan fingerprint density at radius 2 is 1.68 bits per heavy atom. The number of rotatable bonds is 5. The van der Waals surface area contributed by atoms with Crippen LogP contribution in [0.1, 0.15) is 32.1 Å². The number of hydrogen-bond acceptors (Lipinski definition) is 4. The molecule has 3 rings (SSSR count). The van der Waals surface area contributed by atoms with E-state index < -0.39 is 11.8 Å². The average Bonchev–Trinajstić information content (AvgIpc) is 2.73. The molecule has 1 heterocycles. The Hall–Kier alpha value is -3.69. The van der Waals surface area contributed by atoms with Gasteiger partial charge in [-0.2, -0.15) is 5.26 Å². The monoisotopic (exact) mass is 390 g/mol. The molecule has 2 N–H and O–H groups in total. The summed E-state index contributed by atoms with van der Waals surface area (Å²) < 4.78 is 0. The van der Waals surface area contributed by atoms with Gasteiger partial charge in [0.15, 0.2) is 0 Å². The number of carbonyl (C=O) groups is 2. The Balaban J connectivity index is 1.69. The van der Waals surface area contributed by atoms with E-state index in [1.54, 1.807) is 36.4 Å². The molecule has 2 aromatic carbocycles. The minimum absolute atomic E-state index is 0.0905. The highest BCUT2D eigenvalue weighted by Gasteiger charge is 2.13. The third-order valence-electron chi connectivity index (χ3n) is 3.86. The lowest BCUT2D eigenvalue weighted by Gasteiger charge is -2.08. The Bertz CT molecular complexity index is 1080. The molecule has 0 aliphatic carbocycles. The van der Waals surface area contributed by atoms with Crippen LogP contribution in [-0.2, 0) is 6.54 Å². The molecule has 0 unspecified atom stereocenters. The second kappa shape index (κ2) is 8.80. The Labute approximate surface area is 166 Å². The fraction of sp³-hybridized carbons (Fsp3) is 0.0476. The van der Waals surface area contributed by atoms with Gasteiger partial charge in [0, 0.05) is 17.3 Å². The zero-order valence-electron chi connectivity index (χ0n) is 14.6. The van der Waals surface area contributed by atoms with Crippen molar-refractivity contribution in [3.05, 3.63) is 94.3 Å². The first-order valence-corrected chi connectivity index (χ1v) is 8.75. The highest BCUT2D eigenvalue weighted by atomic mass is 35.5. The summed E-state index contributed by atoms with van der Waals surface area (Å²) in [6, 6.07) is 20.3. The lowest BCUT2D eigenvalue weighted by Crippen LogP contribution is -2.25. The molecule has 0 spiro atoms. The van der Waals surface area contributed by atoms with Crippen LogP contribution in [0, 0.1) is 11.3 Å². The molecule has 0 radical (unpaired) electrons. The number of aromatic nitrogens is 1. The maximum Gasteiger partial charge on any atom is 0.274 e. The summed E-state index contributed by atoms with van der Waals surface area (Å²) in [5.74, 6) is -0.892. The second-order valence-electron chi connectivity index (χ2n) is 5.83. The first-order valence-electron chi connectivity index (χ1n) is 8.37. The number of hydrogen-bond donors (Lipinski definition) is 2. The molecule has 3 aromatic rings. The Morgan fingerprint density at radius 3 is 2.43 bits per heavy atom. The van der Waals surface area contributed by atoms with Gasteiger partial charge in [-0.3, -0.25) is 9.59 Å². The van der Waals surface area contributed by atoms with E-state index in [0.717, 1.165) is 5.56 Å². The number of carbonyl (C=O) groups excluding carboxylic acids is 2. The average molecular weight is 391 g/mol. The summed E-state index contributed by atoms with van der Waals surface area (Å²) in [4.78, 5) is 28.9. The predicted octanol–water partition coefficient (Wildman–Crippen LogP) is 3.79. The van der Waals surface area contributed by atoms with Crippen molar-refractivity contribution in [3.63, 3.8) is 0 Å². The van der Waals surface area contributed by atoms with Gasteiger partial charge in [-0.1, -0.05) is 41.9 Å². The lowest BCUT2D eigenvalue weighted by molar-refractivity contribution is 0.0945. The maximum atomic E-state index is 12.4. The summed E-state index contributed by atoms with van der Waals surface area (Å²) >= 11 is 6.08. The van der Waals surface area contributed by atoms with Crippen LogP contribution in [0.25, 0.3) is 0 Å². The number of anilines is 1. The number of pyridine rings is 1. The molecule has 0 aliphatic rings. The van der Waals surface area contributed by atoms with E-state index in [9.17, 15) is 9.59 Å². The van der Waals surface area contributed by atoms with Gasteiger partial charge in [0.1, 0.15) is 11.4 Å². The quantitative estimate of drug-likeness (QED) is 0.692. The molecule has 1 aromatic heterocycles. The van der Waals surface area contributed by atoms with E-state index in [4.69, 9.17) is 16.9 Å². The second-order valence-corrected chi connectivity index (χ2v) is 6.24. The lowest BCUT2D eigenvalue weighted by atomic mass is 10.2. The smallest absolute Gasteiger partial charge is 0.274 e. The van der Waals surface area contributed by atoms with Gasteiger partial charge in [0.25, 0.3) is 11.8 Å². The number of nitrogens with zero attached hydrogens (tertiary/aromatic N) is 2. The van der Waals surface area contributed by atoms with Crippen molar-refractivity contribution < 1.29 is 9.59 Å². The van der Waals surface area contributed by atoms with Crippen molar-refractivity contribution in [3.8, 4) is 6.07 Å². The highest BCUT2D eigenvalue weighted by Crippen LogP contribution is 2.15. The molecule has 0 atom stereocenters. The highest BCUT2D eigenvalue weighted by molar-refractivity contribution is 6.31. The molecule has 2 amide bonds. The van der Waals surface area contributed by atoms with E-state index in [-0.39, 0.29) is 17.9 Å². The van der Waals surface area contributed by atoms with Gasteiger partial charge in [0.2, 0.25) is 0 Å². The Morgan fingerprint density at radius 1 is 0.964 bits per heavy atom. The molecule has 0 aliphatic heterocycles. The van der Waals surface area contributed by atoms with Gasteiger partial charge in [0.05, 0.1) is 11.6 Å². The first-order chi connectivity index (χ1) is 13.6. The summed E-state index contributed by atoms with van der Waals surface area (Å²) in [7, 11) is 0. The number of benzene rings is 2. The van der Waals surface area contributed by atoms with Crippen LogP contribution in [0.3, 0.4) is 0 Å². The van der Waals surface area contributed by atoms with Crippen LogP contribution in [0.15, 0.2) is 66.7 Å². The van der Waals surface area contributed by atoms with Crippen molar-refractivity contribution in [2.24, 2.45) is 0 Å². The molecular weight excluding hydrogens is 376 g/mol. The van der Waals surface area contributed by atoms with Crippen molar-refractivity contribution >= 4 is 29.1 Å². The summed E-state index contributed by atoms with van der Waals surface area (Å²) in [5, 5.41) is 14.9. The molecule has 138 valence electrons. The van der Waals surface area contributed by atoms with E-state index in [2.05, 4.69) is 15.6 Å². The molecule has 28 heavy (non-hydrogen) atoms. The molecule has 0 saturated carbocycles. The van der Waals surface area contributed by atoms with Crippen LogP contribution in [0.2, 0.25) is 5.02 Å². The fourth-order valence-corrected chi connectivity index (χ4v) is 2.66. The van der Waals surface area contributed by atoms with Crippen LogP contribution in [0.4, 0.5) is 5.69 Å². The van der Waals surface area contributed by atoms with Gasteiger partial charge in [-0.05, 0) is 42.0 Å². The van der Waals surface area contributed by atoms with Crippen LogP contribution < -0.4 is 10.6 Å². The minimum atomic E-state index is -0.476. The summed E-state index contributed by atoms with van der Waals surface area (Å²) in [6.07, 6.45) is 0. The van der Waals surface area contributed by atoms with Gasteiger partial charge >= 0.3 is 0 Å². The molecule has 6 nitrogen and oxygen atoms in total. The first kappa shape index (κ1) is 19.1. The normalized spacial score (nSPS) is 10.0. The largest absolute Gasteiger partial charge is 0.347 e.